The van der Waals surface area contributed by atoms with E-state index in [9.17, 15) is 14.4 Å². The lowest BCUT2D eigenvalue weighted by molar-refractivity contribution is -0.141. The number of esters is 1. The Bertz CT molecular complexity index is 885. The van der Waals surface area contributed by atoms with E-state index in [0.717, 1.165) is 4.88 Å². The van der Waals surface area contributed by atoms with Crippen LogP contribution < -0.4 is 10.6 Å². The number of nitrogens with zero attached hydrogens (tertiary/aromatic N) is 1. The summed E-state index contributed by atoms with van der Waals surface area (Å²) in [6, 6.07) is 2.37. The zero-order valence-corrected chi connectivity index (χ0v) is 24.1. The van der Waals surface area contributed by atoms with Crippen molar-refractivity contribution in [2.75, 3.05) is 20.7 Å². The van der Waals surface area contributed by atoms with E-state index in [1.165, 1.54) is 0 Å². The molecule has 0 saturated carbocycles. The number of carbonyl (C=O) groups excluding carboxylic acids is 3. The minimum atomic E-state index is -0.757. The maximum absolute atomic E-state index is 13.8. The van der Waals surface area contributed by atoms with Crippen molar-refractivity contribution in [3.63, 3.8) is 0 Å². The molecule has 2 amide bonds. The Balaban J connectivity index is 3.26. The van der Waals surface area contributed by atoms with Gasteiger partial charge < -0.3 is 20.3 Å². The van der Waals surface area contributed by atoms with Crippen LogP contribution in [0.4, 0.5) is 0 Å². The van der Waals surface area contributed by atoms with Crippen LogP contribution in [0.2, 0.25) is 0 Å². The third-order valence-electron chi connectivity index (χ3n) is 6.32. The van der Waals surface area contributed by atoms with Gasteiger partial charge in [-0.25, -0.2) is 4.79 Å². The smallest absolute Gasteiger partial charge is 0.333 e. The van der Waals surface area contributed by atoms with Gasteiger partial charge in [0.1, 0.15) is 6.04 Å². The van der Waals surface area contributed by atoms with E-state index >= 15 is 0 Å². The molecule has 0 aliphatic rings. The SMILES string of the molecule is CCOC(=O)C(C)=C[C@H](C(C)C)N(C)C(=O)[C@@H](NC(=O)[C@H](NC)C(C)(C)c1cccs1)C(C)(C)C. The van der Waals surface area contributed by atoms with E-state index < -0.39 is 28.9 Å². The molecule has 0 fully saturated rings. The maximum Gasteiger partial charge on any atom is 0.333 e. The highest BCUT2D eigenvalue weighted by Gasteiger charge is 2.42. The van der Waals surface area contributed by atoms with E-state index in [4.69, 9.17) is 4.74 Å². The molecule has 1 rings (SSSR count). The summed E-state index contributed by atoms with van der Waals surface area (Å²) in [6.45, 7) is 17.6. The quantitative estimate of drug-likeness (QED) is 0.347. The summed E-state index contributed by atoms with van der Waals surface area (Å²) >= 11 is 1.61. The number of nitrogens with one attached hydrogen (secondary N) is 2. The first-order valence-electron chi connectivity index (χ1n) is 12.2. The van der Waals surface area contributed by atoms with Gasteiger partial charge in [-0.15, -0.1) is 11.3 Å². The van der Waals surface area contributed by atoms with Crippen molar-refractivity contribution in [2.24, 2.45) is 11.3 Å². The number of likely N-dealkylation sites (N-methyl/N-ethyl adjacent to an activating group) is 2. The van der Waals surface area contributed by atoms with Gasteiger partial charge in [-0.2, -0.15) is 0 Å². The summed E-state index contributed by atoms with van der Waals surface area (Å²) in [7, 11) is 3.48. The van der Waals surface area contributed by atoms with Crippen LogP contribution in [0.1, 0.15) is 67.2 Å². The Kier molecular flexibility index (Phi) is 11.2. The predicted molar refractivity (Wildman–Crippen MR) is 143 cm³/mol. The first-order chi connectivity index (χ1) is 16.1. The predicted octanol–water partition coefficient (Wildman–Crippen LogP) is 4.14. The largest absolute Gasteiger partial charge is 0.463 e. The molecule has 3 atom stereocenters. The molecule has 35 heavy (non-hydrogen) atoms. The van der Waals surface area contributed by atoms with Gasteiger partial charge >= 0.3 is 5.97 Å². The molecule has 0 aliphatic heterocycles. The molecule has 0 bridgehead atoms. The fraction of sp³-hybridized carbons (Fsp3) is 0.667. The Morgan fingerprint density at radius 2 is 1.74 bits per heavy atom. The lowest BCUT2D eigenvalue weighted by atomic mass is 9.80. The first-order valence-corrected chi connectivity index (χ1v) is 13.1. The molecule has 7 nitrogen and oxygen atoms in total. The van der Waals surface area contributed by atoms with Gasteiger partial charge in [-0.3, -0.25) is 9.59 Å². The number of thiophene rings is 1. The van der Waals surface area contributed by atoms with Gasteiger partial charge in [0, 0.05) is 22.9 Å². The number of rotatable bonds is 11. The van der Waals surface area contributed by atoms with Crippen molar-refractivity contribution < 1.29 is 19.1 Å². The molecule has 0 aliphatic carbocycles. The normalized spacial score (nSPS) is 15.4. The summed E-state index contributed by atoms with van der Waals surface area (Å²) in [6.07, 6.45) is 1.78. The lowest BCUT2D eigenvalue weighted by Crippen LogP contribution is -2.61. The van der Waals surface area contributed by atoms with Crippen LogP contribution in [0.15, 0.2) is 29.2 Å². The van der Waals surface area contributed by atoms with Crippen LogP contribution in [-0.4, -0.2) is 61.5 Å². The minimum absolute atomic E-state index is 0.0486. The van der Waals surface area contributed by atoms with Crippen molar-refractivity contribution in [2.45, 2.75) is 85.9 Å². The van der Waals surface area contributed by atoms with Crippen molar-refractivity contribution in [3.05, 3.63) is 34.0 Å². The Morgan fingerprint density at radius 1 is 1.14 bits per heavy atom. The second kappa shape index (κ2) is 12.7. The van der Waals surface area contributed by atoms with Gasteiger partial charge in [-0.1, -0.05) is 60.6 Å². The zero-order valence-electron chi connectivity index (χ0n) is 23.3. The van der Waals surface area contributed by atoms with Crippen LogP contribution >= 0.6 is 11.3 Å². The van der Waals surface area contributed by atoms with Crippen molar-refractivity contribution in [1.29, 1.82) is 0 Å². The zero-order chi connectivity index (χ0) is 27.1. The van der Waals surface area contributed by atoms with Crippen LogP contribution in [0.3, 0.4) is 0 Å². The molecule has 0 radical (unpaired) electrons. The van der Waals surface area contributed by atoms with E-state index in [1.807, 2.05) is 66.0 Å². The first kappa shape index (κ1) is 30.8. The Hall–Kier alpha value is -2.19. The van der Waals surface area contributed by atoms with Gasteiger partial charge in [0.25, 0.3) is 0 Å². The van der Waals surface area contributed by atoms with E-state index in [2.05, 4.69) is 10.6 Å². The number of hydrogen-bond donors (Lipinski definition) is 2. The molecule has 0 unspecified atom stereocenters. The minimum Gasteiger partial charge on any atom is -0.463 e. The van der Waals surface area contributed by atoms with E-state index in [-0.39, 0.29) is 30.4 Å². The average Bonchev–Trinajstić information content (AvgIpc) is 3.30. The second-order valence-corrected chi connectivity index (χ2v) is 11.9. The molecular weight excluding hydrogens is 462 g/mol. The summed E-state index contributed by atoms with van der Waals surface area (Å²) in [5, 5.41) is 8.20. The highest BCUT2D eigenvalue weighted by molar-refractivity contribution is 7.10. The molecule has 1 heterocycles. The molecule has 198 valence electrons. The fourth-order valence-corrected chi connectivity index (χ4v) is 5.04. The average molecular weight is 508 g/mol. The molecule has 1 aromatic rings. The maximum atomic E-state index is 13.8. The highest BCUT2D eigenvalue weighted by Crippen LogP contribution is 2.32. The molecule has 0 aromatic carbocycles. The third-order valence-corrected chi connectivity index (χ3v) is 7.53. The Morgan fingerprint density at radius 3 is 2.17 bits per heavy atom. The molecule has 2 N–H and O–H groups in total. The molecule has 0 saturated heterocycles. The van der Waals surface area contributed by atoms with E-state index in [0.29, 0.717) is 5.57 Å². The van der Waals surface area contributed by atoms with Crippen molar-refractivity contribution in [3.8, 4) is 0 Å². The van der Waals surface area contributed by atoms with Gasteiger partial charge in [0.15, 0.2) is 0 Å². The molecule has 8 heteroatoms. The van der Waals surface area contributed by atoms with Crippen molar-refractivity contribution in [1.82, 2.24) is 15.5 Å². The van der Waals surface area contributed by atoms with Crippen molar-refractivity contribution >= 4 is 29.1 Å². The molecular formula is C27H45N3O4S. The number of carbonyl (C=O) groups is 3. The van der Waals surface area contributed by atoms with Gasteiger partial charge in [-0.05, 0) is 43.7 Å². The third kappa shape index (κ3) is 7.90. The second-order valence-electron chi connectivity index (χ2n) is 11.0. The number of amides is 2. The topological polar surface area (TPSA) is 87.7 Å². The summed E-state index contributed by atoms with van der Waals surface area (Å²) in [5.41, 5.74) is -0.549. The lowest BCUT2D eigenvalue weighted by Gasteiger charge is -2.39. The van der Waals surface area contributed by atoms with Gasteiger partial charge in [0.2, 0.25) is 11.8 Å². The van der Waals surface area contributed by atoms with E-state index in [1.54, 1.807) is 50.3 Å². The monoisotopic (exact) mass is 507 g/mol. The fourth-order valence-electron chi connectivity index (χ4n) is 4.15. The van der Waals surface area contributed by atoms with Crippen LogP contribution in [0.5, 0.6) is 0 Å². The number of ether oxygens (including phenoxy) is 1. The summed E-state index contributed by atoms with van der Waals surface area (Å²) in [4.78, 5) is 42.2. The van der Waals surface area contributed by atoms with Crippen LogP contribution in [0.25, 0.3) is 0 Å². The summed E-state index contributed by atoms with van der Waals surface area (Å²) in [5.74, 6) is -0.784. The van der Waals surface area contributed by atoms with Crippen LogP contribution in [0, 0.1) is 11.3 Å². The Labute approximate surface area is 215 Å². The van der Waals surface area contributed by atoms with Crippen LogP contribution in [-0.2, 0) is 24.5 Å². The number of hydrogen-bond acceptors (Lipinski definition) is 6. The molecule has 0 spiro atoms. The highest BCUT2D eigenvalue weighted by atomic mass is 32.1. The standard InChI is InChI=1S/C27H45N3O4S/c1-12-34-25(33)18(4)16-19(17(2)3)30(11)24(32)22(26(5,6)7)29-23(31)21(28-10)27(8,9)20-14-13-15-35-20/h13-17,19,21-22,28H,12H2,1-11H3,(H,29,31)/t19-,21+,22-/m1/s1. The summed E-state index contributed by atoms with van der Waals surface area (Å²) < 4.78 is 5.11. The van der Waals surface area contributed by atoms with Gasteiger partial charge in [0.05, 0.1) is 18.7 Å². The molecule has 1 aromatic heterocycles.